The van der Waals surface area contributed by atoms with Gasteiger partial charge in [-0.05, 0) is 43.2 Å². The number of furan rings is 1. The van der Waals surface area contributed by atoms with E-state index in [0.29, 0.717) is 17.9 Å². The van der Waals surface area contributed by atoms with E-state index in [1.54, 1.807) is 6.07 Å². The van der Waals surface area contributed by atoms with Gasteiger partial charge in [0.1, 0.15) is 12.0 Å². The molecule has 20 heavy (non-hydrogen) atoms. The highest BCUT2D eigenvalue weighted by Gasteiger charge is 2.11. The minimum absolute atomic E-state index is 0.393. The molecule has 5 heteroatoms. The Morgan fingerprint density at radius 3 is 2.55 bits per heavy atom. The third-order valence-electron chi connectivity index (χ3n) is 3.01. The molecule has 1 heterocycles. The number of hydrogen-bond acceptors (Lipinski definition) is 4. The molecule has 0 spiro atoms. The summed E-state index contributed by atoms with van der Waals surface area (Å²) in [6, 6.07) is 5.79. The van der Waals surface area contributed by atoms with Gasteiger partial charge in [0.25, 0.3) is 0 Å². The molecule has 0 bridgehead atoms. The van der Waals surface area contributed by atoms with Crippen molar-refractivity contribution in [2.45, 2.75) is 20.4 Å². The Labute approximate surface area is 126 Å². The molecule has 0 atom stereocenters. The van der Waals surface area contributed by atoms with E-state index in [2.05, 4.69) is 38.1 Å². The third-order valence-corrected chi connectivity index (χ3v) is 3.47. The summed E-state index contributed by atoms with van der Waals surface area (Å²) in [5.74, 6) is 0.295. The standard InChI is InChI=1S/C15H16BrNO3/c1-9-4-12(16)5-10(2)14(9)17-7-13-6-11(8-20-13)15(18)19-3/h4-6,8,17H,7H2,1-3H3. The SMILES string of the molecule is COC(=O)c1coc(CNc2c(C)cc(Br)cc2C)c1. The highest BCUT2D eigenvalue weighted by atomic mass is 79.9. The molecule has 0 saturated heterocycles. The Bertz CT molecular complexity index is 611. The van der Waals surface area contributed by atoms with Crippen molar-refractivity contribution in [2.75, 3.05) is 12.4 Å². The zero-order valence-corrected chi connectivity index (χ0v) is 13.2. The number of hydrogen-bond donors (Lipinski definition) is 1. The van der Waals surface area contributed by atoms with Crippen molar-refractivity contribution in [2.24, 2.45) is 0 Å². The molecule has 0 aliphatic carbocycles. The summed E-state index contributed by atoms with van der Waals surface area (Å²) in [5.41, 5.74) is 3.80. The van der Waals surface area contributed by atoms with Crippen LogP contribution in [0.4, 0.5) is 5.69 Å². The van der Waals surface area contributed by atoms with Gasteiger partial charge in [-0.2, -0.15) is 0 Å². The second-order valence-corrected chi connectivity index (χ2v) is 5.48. The monoisotopic (exact) mass is 337 g/mol. The van der Waals surface area contributed by atoms with Crippen molar-refractivity contribution in [1.82, 2.24) is 0 Å². The average Bonchev–Trinajstić information content (AvgIpc) is 2.85. The van der Waals surface area contributed by atoms with Gasteiger partial charge in [-0.1, -0.05) is 15.9 Å². The molecule has 0 unspecified atom stereocenters. The molecule has 0 fully saturated rings. The average molecular weight is 338 g/mol. The Morgan fingerprint density at radius 1 is 1.30 bits per heavy atom. The van der Waals surface area contributed by atoms with Crippen LogP contribution < -0.4 is 5.32 Å². The highest BCUT2D eigenvalue weighted by Crippen LogP contribution is 2.25. The molecule has 4 nitrogen and oxygen atoms in total. The Kier molecular flexibility index (Phi) is 4.49. The summed E-state index contributed by atoms with van der Waals surface area (Å²) in [7, 11) is 1.35. The zero-order chi connectivity index (χ0) is 14.7. The van der Waals surface area contributed by atoms with Gasteiger partial charge in [0.05, 0.1) is 19.2 Å². The second kappa shape index (κ2) is 6.13. The van der Waals surface area contributed by atoms with Gasteiger partial charge in [0.2, 0.25) is 0 Å². The largest absolute Gasteiger partial charge is 0.467 e. The quantitative estimate of drug-likeness (QED) is 0.855. The Morgan fingerprint density at radius 2 is 1.95 bits per heavy atom. The van der Waals surface area contributed by atoms with Crippen LogP contribution in [-0.4, -0.2) is 13.1 Å². The van der Waals surface area contributed by atoms with Crippen LogP contribution in [0.3, 0.4) is 0 Å². The van der Waals surface area contributed by atoms with Crippen LogP contribution >= 0.6 is 15.9 Å². The van der Waals surface area contributed by atoms with E-state index >= 15 is 0 Å². The van der Waals surface area contributed by atoms with E-state index in [1.165, 1.54) is 13.4 Å². The van der Waals surface area contributed by atoms with E-state index in [1.807, 2.05) is 13.8 Å². The summed E-state index contributed by atoms with van der Waals surface area (Å²) in [4.78, 5) is 11.3. The van der Waals surface area contributed by atoms with E-state index in [0.717, 1.165) is 21.3 Å². The van der Waals surface area contributed by atoms with Crippen LogP contribution in [0.2, 0.25) is 0 Å². The number of benzene rings is 1. The summed E-state index contributed by atoms with van der Waals surface area (Å²) in [5, 5.41) is 3.33. The van der Waals surface area contributed by atoms with Crippen molar-refractivity contribution in [3.63, 3.8) is 0 Å². The van der Waals surface area contributed by atoms with Crippen molar-refractivity contribution in [3.05, 3.63) is 51.4 Å². The molecule has 1 aromatic carbocycles. The Hall–Kier alpha value is -1.75. The van der Waals surface area contributed by atoms with Crippen LogP contribution in [-0.2, 0) is 11.3 Å². The number of rotatable bonds is 4. The van der Waals surface area contributed by atoms with Gasteiger partial charge < -0.3 is 14.5 Å². The smallest absolute Gasteiger partial charge is 0.341 e. The molecular formula is C15H16BrNO3. The second-order valence-electron chi connectivity index (χ2n) is 4.56. The van der Waals surface area contributed by atoms with Crippen LogP contribution in [0, 0.1) is 13.8 Å². The van der Waals surface area contributed by atoms with Crippen LogP contribution in [0.5, 0.6) is 0 Å². The van der Waals surface area contributed by atoms with E-state index in [-0.39, 0.29) is 0 Å². The first-order valence-corrected chi connectivity index (χ1v) is 6.97. The number of ether oxygens (including phenoxy) is 1. The summed E-state index contributed by atoms with van der Waals surface area (Å²) < 4.78 is 11.0. The Balaban J connectivity index is 2.09. The number of carbonyl (C=O) groups is 1. The zero-order valence-electron chi connectivity index (χ0n) is 11.6. The van der Waals surface area contributed by atoms with Crippen LogP contribution in [0.25, 0.3) is 0 Å². The van der Waals surface area contributed by atoms with Crippen molar-refractivity contribution in [3.8, 4) is 0 Å². The summed E-state index contributed by atoms with van der Waals surface area (Å²) in [6.45, 7) is 4.60. The first-order chi connectivity index (χ1) is 9.51. The minimum Gasteiger partial charge on any atom is -0.467 e. The number of aryl methyl sites for hydroxylation is 2. The molecule has 0 amide bonds. The maximum absolute atomic E-state index is 11.3. The minimum atomic E-state index is -0.393. The van der Waals surface area contributed by atoms with E-state index < -0.39 is 5.97 Å². The molecule has 1 aromatic heterocycles. The van der Waals surface area contributed by atoms with E-state index in [9.17, 15) is 4.79 Å². The fourth-order valence-corrected chi connectivity index (χ4v) is 2.75. The van der Waals surface area contributed by atoms with E-state index in [4.69, 9.17) is 4.42 Å². The van der Waals surface area contributed by atoms with Gasteiger partial charge in [-0.15, -0.1) is 0 Å². The third kappa shape index (κ3) is 3.22. The van der Waals surface area contributed by atoms with Crippen LogP contribution in [0.1, 0.15) is 27.2 Å². The van der Waals surface area contributed by atoms with Gasteiger partial charge in [0, 0.05) is 10.2 Å². The van der Waals surface area contributed by atoms with Gasteiger partial charge in [-0.3, -0.25) is 0 Å². The molecule has 0 aliphatic heterocycles. The van der Waals surface area contributed by atoms with Crippen molar-refractivity contribution in [1.29, 1.82) is 0 Å². The van der Waals surface area contributed by atoms with Gasteiger partial charge in [-0.25, -0.2) is 4.79 Å². The lowest BCUT2D eigenvalue weighted by molar-refractivity contribution is 0.0600. The number of esters is 1. The molecule has 1 N–H and O–H groups in total. The maximum Gasteiger partial charge on any atom is 0.341 e. The summed E-state index contributed by atoms with van der Waals surface area (Å²) >= 11 is 3.47. The van der Waals surface area contributed by atoms with Crippen molar-refractivity contribution < 1.29 is 13.9 Å². The lowest BCUT2D eigenvalue weighted by Crippen LogP contribution is -2.03. The molecule has 0 saturated carbocycles. The molecule has 2 rings (SSSR count). The first kappa shape index (κ1) is 14.7. The maximum atomic E-state index is 11.3. The molecular weight excluding hydrogens is 322 g/mol. The van der Waals surface area contributed by atoms with Gasteiger partial charge in [0.15, 0.2) is 0 Å². The molecule has 2 aromatic rings. The normalized spacial score (nSPS) is 10.4. The van der Waals surface area contributed by atoms with Gasteiger partial charge >= 0.3 is 5.97 Å². The number of methoxy groups -OCH3 is 1. The predicted molar refractivity (Wildman–Crippen MR) is 81.0 cm³/mol. The molecule has 106 valence electrons. The molecule has 0 aliphatic rings. The lowest BCUT2D eigenvalue weighted by atomic mass is 10.1. The lowest BCUT2D eigenvalue weighted by Gasteiger charge is -2.12. The summed E-state index contributed by atoms with van der Waals surface area (Å²) in [6.07, 6.45) is 1.41. The number of carbonyl (C=O) groups excluding carboxylic acids is 1. The first-order valence-electron chi connectivity index (χ1n) is 6.17. The predicted octanol–water partition coefficient (Wildman–Crippen LogP) is 4.06. The fourth-order valence-electron chi connectivity index (χ4n) is 2.06. The fraction of sp³-hybridized carbons (Fsp3) is 0.267. The number of nitrogens with one attached hydrogen (secondary N) is 1. The number of anilines is 1. The topological polar surface area (TPSA) is 51.5 Å². The van der Waals surface area contributed by atoms with Crippen molar-refractivity contribution >= 4 is 27.6 Å². The molecule has 0 radical (unpaired) electrons. The van der Waals surface area contributed by atoms with Crippen LogP contribution in [0.15, 0.2) is 33.4 Å². The number of halogens is 1. The highest BCUT2D eigenvalue weighted by molar-refractivity contribution is 9.10.